The van der Waals surface area contributed by atoms with Crippen LogP contribution in [0.4, 0.5) is 5.69 Å². The van der Waals surface area contributed by atoms with E-state index in [1.807, 2.05) is 30.5 Å². The number of aromatic amines is 1. The molecule has 4 heterocycles. The van der Waals surface area contributed by atoms with Crippen LogP contribution in [0.2, 0.25) is 0 Å². The van der Waals surface area contributed by atoms with E-state index in [1.54, 1.807) is 34.9 Å². The monoisotopic (exact) mass is 558 g/mol. The van der Waals surface area contributed by atoms with Gasteiger partial charge in [-0.1, -0.05) is 24.3 Å². The number of rotatable bonds is 11. The predicted octanol–water partition coefficient (Wildman–Crippen LogP) is 4.71. The first-order chi connectivity index (χ1) is 18.0. The molecule has 0 bridgehead atoms. The van der Waals surface area contributed by atoms with Gasteiger partial charge < -0.3 is 14.8 Å². The van der Waals surface area contributed by atoms with Gasteiger partial charge in [-0.2, -0.15) is 0 Å². The second-order valence-electron chi connectivity index (χ2n) is 8.96. The molecule has 8 nitrogen and oxygen atoms in total. The van der Waals surface area contributed by atoms with Gasteiger partial charge in [-0.3, -0.25) is 9.21 Å². The van der Waals surface area contributed by atoms with Crippen molar-refractivity contribution in [3.8, 4) is 10.7 Å². The smallest absolute Gasteiger partial charge is 0.273 e. The lowest BCUT2D eigenvalue weighted by Gasteiger charge is -2.29. The van der Waals surface area contributed by atoms with E-state index in [0.717, 1.165) is 52.4 Å². The summed E-state index contributed by atoms with van der Waals surface area (Å²) < 4.78 is 34.5. The summed E-state index contributed by atoms with van der Waals surface area (Å²) in [5.41, 5.74) is 2.14. The number of aliphatic hydroxyl groups is 1. The van der Waals surface area contributed by atoms with E-state index < -0.39 is 10.0 Å². The zero-order valence-corrected chi connectivity index (χ0v) is 22.8. The van der Waals surface area contributed by atoms with Crippen LogP contribution in [0.15, 0.2) is 64.8 Å². The molecule has 5 rings (SSSR count). The van der Waals surface area contributed by atoms with E-state index in [9.17, 15) is 13.5 Å². The molecule has 0 radical (unpaired) electrons. The van der Waals surface area contributed by atoms with Crippen LogP contribution in [0.3, 0.4) is 0 Å². The summed E-state index contributed by atoms with van der Waals surface area (Å²) in [5.74, 6) is 0. The van der Waals surface area contributed by atoms with Gasteiger partial charge in [0.05, 0.1) is 42.8 Å². The van der Waals surface area contributed by atoms with E-state index in [0.29, 0.717) is 18.8 Å². The third kappa shape index (κ3) is 5.82. The number of sulfonamides is 1. The van der Waals surface area contributed by atoms with E-state index >= 15 is 0 Å². The van der Waals surface area contributed by atoms with Crippen molar-refractivity contribution in [1.82, 2.24) is 14.9 Å². The van der Waals surface area contributed by atoms with Crippen LogP contribution in [0.5, 0.6) is 0 Å². The molecule has 1 unspecified atom stereocenters. The van der Waals surface area contributed by atoms with Crippen molar-refractivity contribution >= 4 is 49.3 Å². The summed E-state index contributed by atoms with van der Waals surface area (Å²) in [5, 5.41) is 13.5. The first-order valence-electron chi connectivity index (χ1n) is 12.2. The molecule has 3 aromatic heterocycles. The number of thiazole rings is 1. The first kappa shape index (κ1) is 26.1. The quantitative estimate of drug-likeness (QED) is 0.204. The Bertz CT molecular complexity index is 1450. The summed E-state index contributed by atoms with van der Waals surface area (Å²) in [6.07, 6.45) is 5.13. The SMILES string of the molecule is C=CCOCCN(c1cccc2cc(-c3ncc(CN4CCCC(O)C4)s3)[nH]c12)S(=O)(=O)c1cccs1. The highest BCUT2D eigenvalue weighted by Gasteiger charge is 2.28. The minimum absolute atomic E-state index is 0.171. The highest BCUT2D eigenvalue weighted by atomic mass is 32.2. The molecule has 0 spiro atoms. The summed E-state index contributed by atoms with van der Waals surface area (Å²) >= 11 is 2.80. The van der Waals surface area contributed by atoms with Gasteiger partial charge in [0.1, 0.15) is 9.22 Å². The van der Waals surface area contributed by atoms with Gasteiger partial charge in [0.2, 0.25) is 0 Å². The van der Waals surface area contributed by atoms with Crippen LogP contribution in [0.25, 0.3) is 21.6 Å². The number of thiophene rings is 1. The molecule has 4 aromatic rings. The maximum Gasteiger partial charge on any atom is 0.273 e. The zero-order valence-electron chi connectivity index (χ0n) is 20.4. The average Bonchev–Trinajstić information content (AvgIpc) is 3.64. The number of para-hydroxylation sites is 1. The van der Waals surface area contributed by atoms with Gasteiger partial charge in [-0.15, -0.1) is 29.3 Å². The Kier molecular flexibility index (Phi) is 8.08. The number of aromatic nitrogens is 2. The molecule has 2 N–H and O–H groups in total. The van der Waals surface area contributed by atoms with Gasteiger partial charge in [-0.25, -0.2) is 13.4 Å². The molecule has 0 aliphatic carbocycles. The number of ether oxygens (including phenoxy) is 1. The minimum Gasteiger partial charge on any atom is -0.392 e. The van der Waals surface area contributed by atoms with Crippen molar-refractivity contribution in [2.24, 2.45) is 0 Å². The number of β-amino-alcohol motifs (C(OH)–C–C–N with tert-alkyl or cyclic N) is 1. The Labute approximate surface area is 224 Å². The predicted molar refractivity (Wildman–Crippen MR) is 150 cm³/mol. The van der Waals surface area contributed by atoms with Gasteiger partial charge in [0.15, 0.2) is 0 Å². The molecule has 1 aromatic carbocycles. The highest BCUT2D eigenvalue weighted by molar-refractivity contribution is 7.94. The van der Waals surface area contributed by atoms with E-state index in [-0.39, 0.29) is 23.5 Å². The van der Waals surface area contributed by atoms with Crippen LogP contribution in [-0.4, -0.2) is 67.3 Å². The number of likely N-dealkylation sites (tertiary alicyclic amines) is 1. The molecule has 1 fully saturated rings. The lowest BCUT2D eigenvalue weighted by molar-refractivity contribution is 0.0673. The number of hydrogen-bond donors (Lipinski definition) is 2. The second kappa shape index (κ2) is 11.5. The first-order valence-corrected chi connectivity index (χ1v) is 15.3. The molecule has 1 saturated heterocycles. The molecule has 0 amide bonds. The van der Waals surface area contributed by atoms with Crippen molar-refractivity contribution in [1.29, 1.82) is 0 Å². The maximum absolute atomic E-state index is 13.6. The second-order valence-corrected chi connectivity index (χ2v) is 13.1. The van der Waals surface area contributed by atoms with Gasteiger partial charge >= 0.3 is 0 Å². The number of H-pyrrole nitrogens is 1. The van der Waals surface area contributed by atoms with Crippen molar-refractivity contribution in [3.63, 3.8) is 0 Å². The fourth-order valence-electron chi connectivity index (χ4n) is 4.57. The van der Waals surface area contributed by atoms with Crippen LogP contribution in [0.1, 0.15) is 17.7 Å². The molecule has 37 heavy (non-hydrogen) atoms. The Balaban J connectivity index is 1.45. The average molecular weight is 559 g/mol. The van der Waals surface area contributed by atoms with Crippen molar-refractivity contribution in [2.75, 3.05) is 37.2 Å². The third-order valence-corrected chi connectivity index (χ3v) is 10.5. The molecule has 0 saturated carbocycles. The molecule has 196 valence electrons. The van der Waals surface area contributed by atoms with Gasteiger partial charge in [0.25, 0.3) is 10.0 Å². The largest absolute Gasteiger partial charge is 0.392 e. The van der Waals surface area contributed by atoms with E-state index in [1.165, 1.54) is 15.6 Å². The van der Waals surface area contributed by atoms with Crippen LogP contribution in [0, 0.1) is 0 Å². The molecule has 1 aliphatic heterocycles. The molecular formula is C26H30N4O4S3. The lowest BCUT2D eigenvalue weighted by Crippen LogP contribution is -2.37. The van der Waals surface area contributed by atoms with Crippen molar-refractivity contribution in [2.45, 2.75) is 29.7 Å². The Hall–Kier alpha value is -2.54. The normalized spacial score (nSPS) is 16.8. The molecule has 11 heteroatoms. The summed E-state index contributed by atoms with van der Waals surface area (Å²) in [6.45, 7) is 6.85. The summed E-state index contributed by atoms with van der Waals surface area (Å²) in [4.78, 5) is 11.5. The lowest BCUT2D eigenvalue weighted by atomic mass is 10.1. The Morgan fingerprint density at radius 3 is 3.00 bits per heavy atom. The minimum atomic E-state index is -3.77. The maximum atomic E-state index is 13.6. The Morgan fingerprint density at radius 1 is 1.32 bits per heavy atom. The number of benzene rings is 1. The molecular weight excluding hydrogens is 529 g/mol. The zero-order chi connectivity index (χ0) is 25.8. The topological polar surface area (TPSA) is 98.8 Å². The van der Waals surface area contributed by atoms with Crippen molar-refractivity contribution < 1.29 is 18.3 Å². The van der Waals surface area contributed by atoms with Crippen LogP contribution < -0.4 is 4.31 Å². The van der Waals surface area contributed by atoms with Crippen LogP contribution in [-0.2, 0) is 21.3 Å². The van der Waals surface area contributed by atoms with E-state index in [4.69, 9.17) is 4.74 Å². The van der Waals surface area contributed by atoms with E-state index in [2.05, 4.69) is 21.4 Å². The van der Waals surface area contributed by atoms with Crippen LogP contribution >= 0.6 is 22.7 Å². The summed E-state index contributed by atoms with van der Waals surface area (Å²) in [6, 6.07) is 11.0. The standard InChI is InChI=1S/C26H30N4O4S3/c1-2-12-34-13-11-30(37(32,33)24-9-5-14-35-24)23-8-3-6-19-15-22(28-25(19)23)26-27-16-21(36-26)18-29-10-4-7-20(31)17-29/h2-3,5-6,8-9,14-16,20,28,31H,1,4,7,10-13,17-18H2. The number of anilines is 1. The Morgan fingerprint density at radius 2 is 2.22 bits per heavy atom. The summed E-state index contributed by atoms with van der Waals surface area (Å²) in [7, 11) is -3.77. The number of nitrogens with one attached hydrogen (secondary N) is 1. The molecule has 1 aliphatic rings. The number of fused-ring (bicyclic) bond motifs is 1. The fraction of sp³-hybridized carbons (Fsp3) is 0.346. The van der Waals surface area contributed by atoms with Crippen molar-refractivity contribution in [3.05, 3.63) is 65.5 Å². The number of piperidine rings is 1. The van der Waals surface area contributed by atoms with Gasteiger partial charge in [0, 0.05) is 29.5 Å². The number of aliphatic hydroxyl groups excluding tert-OH is 1. The van der Waals surface area contributed by atoms with Gasteiger partial charge in [-0.05, 0) is 43.0 Å². The molecule has 1 atom stereocenters. The number of nitrogens with zero attached hydrogens (tertiary/aromatic N) is 3. The third-order valence-electron chi connectivity index (χ3n) is 6.26. The number of hydrogen-bond acceptors (Lipinski definition) is 8. The highest BCUT2D eigenvalue weighted by Crippen LogP contribution is 2.35. The fourth-order valence-corrected chi connectivity index (χ4v) is 8.06.